The van der Waals surface area contributed by atoms with Gasteiger partial charge in [0.25, 0.3) is 5.91 Å². The van der Waals surface area contributed by atoms with Gasteiger partial charge in [0.15, 0.2) is 5.69 Å². The molecular formula is C22H26FN3O3. The van der Waals surface area contributed by atoms with Gasteiger partial charge in [-0.3, -0.25) is 4.79 Å². The van der Waals surface area contributed by atoms with Gasteiger partial charge < -0.3 is 10.1 Å². The lowest BCUT2D eigenvalue weighted by Crippen LogP contribution is -2.57. The number of rotatable bonds is 4. The molecule has 0 saturated heterocycles. The number of hydrogen-bond donors (Lipinski definition) is 1. The van der Waals surface area contributed by atoms with Crippen molar-refractivity contribution in [2.75, 3.05) is 7.11 Å². The predicted octanol–water partition coefficient (Wildman–Crippen LogP) is 3.35. The minimum atomic E-state index is -1.02. The van der Waals surface area contributed by atoms with E-state index in [1.807, 2.05) is 0 Å². The van der Waals surface area contributed by atoms with Gasteiger partial charge in [0, 0.05) is 11.3 Å². The largest absolute Gasteiger partial charge is 0.467 e. The molecule has 1 aromatic carbocycles. The highest BCUT2D eigenvalue weighted by Gasteiger charge is 2.44. The second-order valence-corrected chi connectivity index (χ2v) is 8.20. The SMILES string of the molecule is COC(=O)C1(NC(=O)c2nn(-c3ccccc3F)c3c2CCC3)CCC(C)CC1. The van der Waals surface area contributed by atoms with Crippen LogP contribution in [-0.4, -0.2) is 34.3 Å². The lowest BCUT2D eigenvalue weighted by molar-refractivity contribution is -0.150. The van der Waals surface area contributed by atoms with Gasteiger partial charge in [0.05, 0.1) is 7.11 Å². The van der Waals surface area contributed by atoms with Crippen molar-refractivity contribution in [2.24, 2.45) is 5.92 Å². The molecule has 1 saturated carbocycles. The second kappa shape index (κ2) is 7.61. The fourth-order valence-corrected chi connectivity index (χ4v) is 4.55. The fourth-order valence-electron chi connectivity index (χ4n) is 4.55. The van der Waals surface area contributed by atoms with Gasteiger partial charge >= 0.3 is 5.97 Å². The van der Waals surface area contributed by atoms with Gasteiger partial charge in [-0.1, -0.05) is 19.1 Å². The number of carbonyl (C=O) groups is 2. The van der Waals surface area contributed by atoms with Gasteiger partial charge in [-0.2, -0.15) is 5.10 Å². The molecule has 6 nitrogen and oxygen atoms in total. The molecule has 0 atom stereocenters. The molecule has 1 amide bonds. The highest BCUT2D eigenvalue weighted by molar-refractivity contribution is 5.98. The number of esters is 1. The van der Waals surface area contributed by atoms with Crippen molar-refractivity contribution in [3.63, 3.8) is 0 Å². The van der Waals surface area contributed by atoms with Crippen LogP contribution in [0.2, 0.25) is 0 Å². The minimum absolute atomic E-state index is 0.280. The summed E-state index contributed by atoms with van der Waals surface area (Å²) < 4.78 is 20.9. The van der Waals surface area contributed by atoms with E-state index in [1.165, 1.54) is 13.2 Å². The Morgan fingerprint density at radius 2 is 1.97 bits per heavy atom. The first-order valence-corrected chi connectivity index (χ1v) is 10.2. The summed E-state index contributed by atoms with van der Waals surface area (Å²) in [5.41, 5.74) is 1.30. The van der Waals surface area contributed by atoms with E-state index in [1.54, 1.807) is 22.9 Å². The Morgan fingerprint density at radius 1 is 1.24 bits per heavy atom. The maximum Gasteiger partial charge on any atom is 0.331 e. The second-order valence-electron chi connectivity index (χ2n) is 8.20. The highest BCUT2D eigenvalue weighted by Crippen LogP contribution is 2.34. The van der Waals surface area contributed by atoms with E-state index in [4.69, 9.17) is 4.74 Å². The zero-order chi connectivity index (χ0) is 20.6. The van der Waals surface area contributed by atoms with E-state index in [0.717, 1.165) is 43.4 Å². The number of benzene rings is 1. The smallest absolute Gasteiger partial charge is 0.331 e. The van der Waals surface area contributed by atoms with E-state index in [0.29, 0.717) is 24.4 Å². The van der Waals surface area contributed by atoms with Crippen molar-refractivity contribution in [3.8, 4) is 5.69 Å². The average molecular weight is 399 g/mol. The first-order chi connectivity index (χ1) is 13.9. The molecule has 0 unspecified atom stereocenters. The standard InChI is InChI=1S/C22H26FN3O3/c1-14-10-12-22(13-11-14,21(28)29-2)24-20(27)19-15-6-5-9-17(15)26(25-19)18-8-4-3-7-16(18)23/h3-4,7-8,14H,5-6,9-13H2,1-2H3,(H,24,27). The molecule has 2 aromatic rings. The highest BCUT2D eigenvalue weighted by atomic mass is 19.1. The molecule has 0 aliphatic heterocycles. The number of carbonyl (C=O) groups excluding carboxylic acids is 2. The molecule has 2 aliphatic rings. The van der Waals surface area contributed by atoms with E-state index < -0.39 is 17.4 Å². The van der Waals surface area contributed by atoms with E-state index in [9.17, 15) is 14.0 Å². The fraction of sp³-hybridized carbons (Fsp3) is 0.500. The predicted molar refractivity (Wildman–Crippen MR) is 105 cm³/mol. The van der Waals surface area contributed by atoms with Gasteiger partial charge in [-0.05, 0) is 63.0 Å². The number of amides is 1. The number of para-hydroxylation sites is 1. The molecule has 0 radical (unpaired) electrons. The summed E-state index contributed by atoms with van der Waals surface area (Å²) in [5.74, 6) is -0.681. The van der Waals surface area contributed by atoms with Crippen molar-refractivity contribution in [2.45, 2.75) is 57.4 Å². The lowest BCUT2D eigenvalue weighted by atomic mass is 9.77. The summed E-state index contributed by atoms with van der Waals surface area (Å²) in [4.78, 5) is 25.8. The maximum absolute atomic E-state index is 14.4. The molecule has 1 heterocycles. The van der Waals surface area contributed by atoms with Crippen LogP contribution in [0.25, 0.3) is 5.69 Å². The minimum Gasteiger partial charge on any atom is -0.467 e. The molecule has 2 aliphatic carbocycles. The summed E-state index contributed by atoms with van der Waals surface area (Å²) >= 11 is 0. The third-order valence-corrected chi connectivity index (χ3v) is 6.28. The molecule has 0 bridgehead atoms. The topological polar surface area (TPSA) is 73.2 Å². The van der Waals surface area contributed by atoms with Gasteiger partial charge in [-0.15, -0.1) is 0 Å². The van der Waals surface area contributed by atoms with Crippen LogP contribution in [0.3, 0.4) is 0 Å². The Kier molecular flexibility index (Phi) is 5.15. The first kappa shape index (κ1) is 19.6. The molecule has 4 rings (SSSR count). The number of aromatic nitrogens is 2. The number of fused-ring (bicyclic) bond motifs is 1. The Bertz CT molecular complexity index is 945. The number of halogens is 1. The molecule has 154 valence electrons. The number of hydrogen-bond acceptors (Lipinski definition) is 4. The number of nitrogens with zero attached hydrogens (tertiary/aromatic N) is 2. The van der Waals surface area contributed by atoms with Crippen molar-refractivity contribution in [1.29, 1.82) is 0 Å². The van der Waals surface area contributed by atoms with Gasteiger partial charge in [0.1, 0.15) is 17.0 Å². The number of nitrogens with one attached hydrogen (secondary N) is 1. The number of ether oxygens (including phenoxy) is 1. The average Bonchev–Trinajstić information content (AvgIpc) is 3.32. The van der Waals surface area contributed by atoms with Crippen LogP contribution in [0.4, 0.5) is 4.39 Å². The number of methoxy groups -OCH3 is 1. The van der Waals surface area contributed by atoms with Crippen LogP contribution in [-0.2, 0) is 22.4 Å². The van der Waals surface area contributed by atoms with E-state index in [2.05, 4.69) is 17.3 Å². The van der Waals surface area contributed by atoms with Crippen molar-refractivity contribution in [1.82, 2.24) is 15.1 Å². The van der Waals surface area contributed by atoms with Crippen LogP contribution >= 0.6 is 0 Å². The van der Waals surface area contributed by atoms with Crippen LogP contribution in [0.15, 0.2) is 24.3 Å². The molecule has 1 aromatic heterocycles. The van der Waals surface area contributed by atoms with Gasteiger partial charge in [-0.25, -0.2) is 13.9 Å². The first-order valence-electron chi connectivity index (χ1n) is 10.2. The zero-order valence-corrected chi connectivity index (χ0v) is 16.8. The Morgan fingerprint density at radius 3 is 2.66 bits per heavy atom. The monoisotopic (exact) mass is 399 g/mol. The summed E-state index contributed by atoms with van der Waals surface area (Å²) in [6.45, 7) is 2.14. The van der Waals surface area contributed by atoms with Crippen LogP contribution < -0.4 is 5.32 Å². The van der Waals surface area contributed by atoms with Crippen LogP contribution in [0.5, 0.6) is 0 Å². The zero-order valence-electron chi connectivity index (χ0n) is 16.8. The van der Waals surface area contributed by atoms with Crippen molar-refractivity contribution >= 4 is 11.9 Å². The molecule has 1 fully saturated rings. The summed E-state index contributed by atoms with van der Waals surface area (Å²) in [6, 6.07) is 6.41. The summed E-state index contributed by atoms with van der Waals surface area (Å²) in [7, 11) is 1.35. The van der Waals surface area contributed by atoms with E-state index in [-0.39, 0.29) is 11.5 Å². The molecule has 29 heavy (non-hydrogen) atoms. The Balaban J connectivity index is 1.68. The lowest BCUT2D eigenvalue weighted by Gasteiger charge is -2.37. The molecular weight excluding hydrogens is 373 g/mol. The molecule has 0 spiro atoms. The normalized spacial score (nSPS) is 23.5. The quantitative estimate of drug-likeness (QED) is 0.801. The molecule has 1 N–H and O–H groups in total. The van der Waals surface area contributed by atoms with E-state index >= 15 is 0 Å². The molecule has 7 heteroatoms. The maximum atomic E-state index is 14.4. The third-order valence-electron chi connectivity index (χ3n) is 6.28. The summed E-state index contributed by atoms with van der Waals surface area (Å²) in [6.07, 6.45) is 5.12. The van der Waals surface area contributed by atoms with Crippen molar-refractivity contribution < 1.29 is 18.7 Å². The third kappa shape index (κ3) is 3.43. The van der Waals surface area contributed by atoms with Crippen LogP contribution in [0, 0.1) is 11.7 Å². The van der Waals surface area contributed by atoms with Crippen LogP contribution in [0.1, 0.15) is 60.8 Å². The van der Waals surface area contributed by atoms with Crippen molar-refractivity contribution in [3.05, 3.63) is 47.0 Å². The van der Waals surface area contributed by atoms with Gasteiger partial charge in [0.2, 0.25) is 0 Å². The summed E-state index contributed by atoms with van der Waals surface area (Å²) in [5, 5.41) is 7.42. The Hall–Kier alpha value is -2.70. The Labute approximate surface area is 169 Å².